The molecule has 0 unspecified atom stereocenters. The minimum atomic E-state index is 0.553. The highest BCUT2D eigenvalue weighted by molar-refractivity contribution is 5.45. The number of nitrogens with one attached hydrogen (secondary N) is 1. The van der Waals surface area contributed by atoms with Crippen LogP contribution in [0.3, 0.4) is 0 Å². The van der Waals surface area contributed by atoms with Crippen molar-refractivity contribution in [2.45, 2.75) is 19.3 Å². The Balaban J connectivity index is 1.54. The summed E-state index contributed by atoms with van der Waals surface area (Å²) in [6.07, 6.45) is 5.52. The molecule has 6 nitrogen and oxygen atoms in total. The first-order chi connectivity index (χ1) is 9.35. The van der Waals surface area contributed by atoms with Gasteiger partial charge in [-0.2, -0.15) is 4.52 Å². The zero-order valence-corrected chi connectivity index (χ0v) is 10.9. The number of piperidine rings is 1. The first-order valence-corrected chi connectivity index (χ1v) is 6.98. The number of nitrogens with zero attached hydrogens (tertiary/aromatic N) is 5. The Hall–Kier alpha value is -1.69. The van der Waals surface area contributed by atoms with Crippen molar-refractivity contribution in [2.24, 2.45) is 5.41 Å². The summed E-state index contributed by atoms with van der Waals surface area (Å²) < 4.78 is 1.75. The molecule has 1 spiro atoms. The van der Waals surface area contributed by atoms with E-state index in [2.05, 4.69) is 31.6 Å². The van der Waals surface area contributed by atoms with E-state index in [1.165, 1.54) is 32.4 Å². The summed E-state index contributed by atoms with van der Waals surface area (Å²) in [6, 6.07) is 4.03. The molecule has 4 rings (SSSR count). The van der Waals surface area contributed by atoms with Gasteiger partial charge in [0, 0.05) is 19.6 Å². The summed E-state index contributed by atoms with van der Waals surface area (Å²) in [5.41, 5.74) is 1.36. The van der Waals surface area contributed by atoms with Gasteiger partial charge in [0.1, 0.15) is 12.1 Å². The SMILES string of the molecule is c1cc2nncn2nc1N1CCC2(CCNC2)CC1. The Labute approximate surface area is 111 Å². The normalized spacial score (nSPS) is 22.4. The van der Waals surface area contributed by atoms with Crippen LogP contribution in [0.15, 0.2) is 18.5 Å². The fraction of sp³-hybridized carbons (Fsp3) is 0.615. The lowest BCUT2D eigenvalue weighted by molar-refractivity contribution is 0.247. The van der Waals surface area contributed by atoms with Gasteiger partial charge in [0.05, 0.1) is 0 Å². The molecule has 0 aliphatic carbocycles. The van der Waals surface area contributed by atoms with E-state index in [4.69, 9.17) is 0 Å². The lowest BCUT2D eigenvalue weighted by Gasteiger charge is -2.39. The van der Waals surface area contributed by atoms with Crippen molar-refractivity contribution in [3.8, 4) is 0 Å². The van der Waals surface area contributed by atoms with Gasteiger partial charge in [-0.3, -0.25) is 0 Å². The van der Waals surface area contributed by atoms with Crippen LogP contribution in [0, 0.1) is 5.41 Å². The largest absolute Gasteiger partial charge is 0.355 e. The third kappa shape index (κ3) is 1.87. The zero-order valence-electron chi connectivity index (χ0n) is 10.9. The average Bonchev–Trinajstić information content (AvgIpc) is 3.08. The summed E-state index contributed by atoms with van der Waals surface area (Å²) in [6.45, 7) is 4.58. The molecule has 2 aromatic rings. The predicted octanol–water partition coefficient (Wildman–Crippen LogP) is 0.704. The van der Waals surface area contributed by atoms with Gasteiger partial charge in [-0.1, -0.05) is 0 Å². The van der Waals surface area contributed by atoms with Crippen LogP contribution in [0.4, 0.5) is 5.82 Å². The summed E-state index contributed by atoms with van der Waals surface area (Å²) in [7, 11) is 0. The van der Waals surface area contributed by atoms with Gasteiger partial charge in [-0.15, -0.1) is 15.3 Å². The van der Waals surface area contributed by atoms with Gasteiger partial charge in [0.2, 0.25) is 0 Å². The minimum Gasteiger partial charge on any atom is -0.355 e. The van der Waals surface area contributed by atoms with E-state index in [9.17, 15) is 0 Å². The van der Waals surface area contributed by atoms with Crippen molar-refractivity contribution < 1.29 is 0 Å². The minimum absolute atomic E-state index is 0.553. The Morgan fingerprint density at radius 1 is 1.16 bits per heavy atom. The molecule has 2 fully saturated rings. The molecule has 1 N–H and O–H groups in total. The highest BCUT2D eigenvalue weighted by Crippen LogP contribution is 2.37. The van der Waals surface area contributed by atoms with Gasteiger partial charge in [0.25, 0.3) is 0 Å². The van der Waals surface area contributed by atoms with Crippen LogP contribution in [0.25, 0.3) is 5.65 Å². The molecule has 2 aliphatic rings. The van der Waals surface area contributed by atoms with Gasteiger partial charge in [-0.05, 0) is 43.4 Å². The molecule has 6 heteroatoms. The van der Waals surface area contributed by atoms with E-state index in [0.717, 1.165) is 24.6 Å². The van der Waals surface area contributed by atoms with E-state index < -0.39 is 0 Å². The molecule has 2 saturated heterocycles. The smallest absolute Gasteiger partial charge is 0.177 e. The molecule has 4 heterocycles. The topological polar surface area (TPSA) is 58.4 Å². The summed E-state index contributed by atoms with van der Waals surface area (Å²) in [5, 5.41) is 15.9. The molecule has 0 aromatic carbocycles. The molecule has 2 aromatic heterocycles. The Morgan fingerprint density at radius 3 is 2.84 bits per heavy atom. The molecule has 19 heavy (non-hydrogen) atoms. The fourth-order valence-electron chi connectivity index (χ4n) is 3.32. The number of hydrogen-bond acceptors (Lipinski definition) is 5. The van der Waals surface area contributed by atoms with Crippen molar-refractivity contribution in [3.63, 3.8) is 0 Å². The average molecular weight is 258 g/mol. The van der Waals surface area contributed by atoms with Crippen LogP contribution in [-0.2, 0) is 0 Å². The Kier molecular flexibility index (Phi) is 2.44. The summed E-state index contributed by atoms with van der Waals surface area (Å²) in [4.78, 5) is 2.38. The quantitative estimate of drug-likeness (QED) is 0.816. The van der Waals surface area contributed by atoms with Gasteiger partial charge < -0.3 is 10.2 Å². The van der Waals surface area contributed by atoms with Crippen LogP contribution in [0.2, 0.25) is 0 Å². The summed E-state index contributed by atoms with van der Waals surface area (Å²) >= 11 is 0. The molecule has 0 amide bonds. The van der Waals surface area contributed by atoms with Crippen molar-refractivity contribution in [1.82, 2.24) is 25.1 Å². The summed E-state index contributed by atoms with van der Waals surface area (Å²) in [5.74, 6) is 1.04. The van der Waals surface area contributed by atoms with Crippen LogP contribution in [-0.4, -0.2) is 46.0 Å². The maximum absolute atomic E-state index is 4.58. The second-order valence-electron chi connectivity index (χ2n) is 5.74. The first kappa shape index (κ1) is 11.2. The van der Waals surface area contributed by atoms with Crippen molar-refractivity contribution >= 4 is 11.5 Å². The Morgan fingerprint density at radius 2 is 2.05 bits per heavy atom. The van der Waals surface area contributed by atoms with E-state index in [0.29, 0.717) is 5.41 Å². The van der Waals surface area contributed by atoms with E-state index in [1.54, 1.807) is 10.8 Å². The van der Waals surface area contributed by atoms with Gasteiger partial charge in [0.15, 0.2) is 5.65 Å². The van der Waals surface area contributed by atoms with Crippen LogP contribution in [0.5, 0.6) is 0 Å². The number of aromatic nitrogens is 4. The number of rotatable bonds is 1. The van der Waals surface area contributed by atoms with Crippen molar-refractivity contribution in [1.29, 1.82) is 0 Å². The third-order valence-electron chi connectivity index (χ3n) is 4.63. The highest BCUT2D eigenvalue weighted by atomic mass is 15.4. The Bertz CT molecular complexity index is 576. The van der Waals surface area contributed by atoms with E-state index in [1.807, 2.05) is 6.07 Å². The highest BCUT2D eigenvalue weighted by Gasteiger charge is 2.37. The molecular weight excluding hydrogens is 240 g/mol. The maximum Gasteiger partial charge on any atom is 0.177 e. The molecule has 0 radical (unpaired) electrons. The van der Waals surface area contributed by atoms with Crippen molar-refractivity contribution in [2.75, 3.05) is 31.1 Å². The second-order valence-corrected chi connectivity index (χ2v) is 5.74. The number of hydrogen-bond donors (Lipinski definition) is 1. The standard InChI is InChI=1S/C13H18N6/c1-2-12(17-19-10-15-16-11(1)19)18-7-4-13(5-8-18)3-6-14-9-13/h1-2,10,14H,3-9H2. The van der Waals surface area contributed by atoms with E-state index >= 15 is 0 Å². The lowest BCUT2D eigenvalue weighted by atomic mass is 9.78. The van der Waals surface area contributed by atoms with Gasteiger partial charge >= 0.3 is 0 Å². The molecular formula is C13H18N6. The predicted molar refractivity (Wildman–Crippen MR) is 72.1 cm³/mol. The zero-order chi connectivity index (χ0) is 12.7. The monoisotopic (exact) mass is 258 g/mol. The van der Waals surface area contributed by atoms with Crippen LogP contribution < -0.4 is 10.2 Å². The van der Waals surface area contributed by atoms with E-state index in [-0.39, 0.29) is 0 Å². The van der Waals surface area contributed by atoms with Crippen LogP contribution >= 0.6 is 0 Å². The molecule has 2 aliphatic heterocycles. The molecule has 0 saturated carbocycles. The molecule has 0 bridgehead atoms. The van der Waals surface area contributed by atoms with Crippen molar-refractivity contribution in [3.05, 3.63) is 18.5 Å². The fourth-order valence-corrected chi connectivity index (χ4v) is 3.32. The van der Waals surface area contributed by atoms with Gasteiger partial charge in [-0.25, -0.2) is 0 Å². The second kappa shape index (κ2) is 4.16. The maximum atomic E-state index is 4.58. The number of anilines is 1. The number of fused-ring (bicyclic) bond motifs is 1. The first-order valence-electron chi connectivity index (χ1n) is 6.98. The third-order valence-corrected chi connectivity index (χ3v) is 4.63. The molecule has 100 valence electrons. The van der Waals surface area contributed by atoms with Crippen LogP contribution in [0.1, 0.15) is 19.3 Å². The lowest BCUT2D eigenvalue weighted by Crippen LogP contribution is -2.41. The molecule has 0 atom stereocenters.